The maximum absolute atomic E-state index is 12.2. The van der Waals surface area contributed by atoms with Gasteiger partial charge in [-0.1, -0.05) is 19.4 Å². The molecular weight excluding hydrogens is 302 g/mol. The molecule has 1 unspecified atom stereocenters. The number of carbonyl (C=O) groups excluding carboxylic acids is 1. The Morgan fingerprint density at radius 2 is 2.00 bits per heavy atom. The van der Waals surface area contributed by atoms with Gasteiger partial charge in [0.25, 0.3) is 0 Å². The van der Waals surface area contributed by atoms with Crippen molar-refractivity contribution < 1.29 is 14.3 Å². The van der Waals surface area contributed by atoms with Gasteiger partial charge in [-0.05, 0) is 49.8 Å². The lowest BCUT2D eigenvalue weighted by Gasteiger charge is -2.19. The third kappa shape index (κ3) is 3.85. The third-order valence-electron chi connectivity index (χ3n) is 5.25. The molecule has 1 aliphatic carbocycles. The summed E-state index contributed by atoms with van der Waals surface area (Å²) in [6.07, 6.45) is 7.86. The van der Waals surface area contributed by atoms with Gasteiger partial charge in [-0.25, -0.2) is 0 Å². The van der Waals surface area contributed by atoms with Gasteiger partial charge in [-0.3, -0.25) is 4.79 Å². The molecule has 1 heterocycles. The van der Waals surface area contributed by atoms with Crippen LogP contribution in [-0.4, -0.2) is 37.1 Å². The van der Waals surface area contributed by atoms with E-state index in [4.69, 9.17) is 9.47 Å². The van der Waals surface area contributed by atoms with Crippen LogP contribution in [0, 0.1) is 0 Å². The van der Waals surface area contributed by atoms with Gasteiger partial charge in [0.15, 0.2) is 11.5 Å². The van der Waals surface area contributed by atoms with E-state index in [1.54, 1.807) is 7.11 Å². The van der Waals surface area contributed by atoms with Crippen molar-refractivity contribution in [1.29, 1.82) is 0 Å². The molecule has 0 aromatic heterocycles. The first-order valence-corrected chi connectivity index (χ1v) is 9.33. The maximum atomic E-state index is 12.2. The molecule has 1 saturated heterocycles. The van der Waals surface area contributed by atoms with Gasteiger partial charge >= 0.3 is 0 Å². The molecule has 2 aliphatic rings. The van der Waals surface area contributed by atoms with E-state index >= 15 is 0 Å². The summed E-state index contributed by atoms with van der Waals surface area (Å²) in [5.74, 6) is 2.17. The van der Waals surface area contributed by atoms with Crippen LogP contribution in [-0.2, 0) is 4.79 Å². The van der Waals surface area contributed by atoms with E-state index in [9.17, 15) is 4.79 Å². The first kappa shape index (κ1) is 17.1. The molecule has 4 nitrogen and oxygen atoms in total. The van der Waals surface area contributed by atoms with Crippen LogP contribution in [0.3, 0.4) is 0 Å². The molecule has 3 rings (SSSR count). The molecule has 24 heavy (non-hydrogen) atoms. The highest BCUT2D eigenvalue weighted by Crippen LogP contribution is 2.37. The summed E-state index contributed by atoms with van der Waals surface area (Å²) in [5.41, 5.74) is 1.19. The first-order valence-electron chi connectivity index (χ1n) is 9.33. The molecule has 1 amide bonds. The van der Waals surface area contributed by atoms with E-state index in [0.29, 0.717) is 12.5 Å². The fourth-order valence-electron chi connectivity index (χ4n) is 3.79. The lowest BCUT2D eigenvalue weighted by Crippen LogP contribution is -2.26. The predicted octanol–water partition coefficient (Wildman–Crippen LogP) is 4.13. The Balaban J connectivity index is 1.72. The average molecular weight is 331 g/mol. The molecule has 4 heteroatoms. The fourth-order valence-corrected chi connectivity index (χ4v) is 3.79. The summed E-state index contributed by atoms with van der Waals surface area (Å²) in [6, 6.07) is 6.17. The van der Waals surface area contributed by atoms with Gasteiger partial charge in [-0.2, -0.15) is 0 Å². The molecule has 1 aliphatic heterocycles. The number of methoxy groups -OCH3 is 1. The monoisotopic (exact) mass is 331 g/mol. The minimum atomic E-state index is 0.270. The Morgan fingerprint density at radius 1 is 1.21 bits per heavy atom. The van der Waals surface area contributed by atoms with Crippen molar-refractivity contribution in [3.8, 4) is 11.5 Å². The third-order valence-corrected chi connectivity index (χ3v) is 5.25. The maximum Gasteiger partial charge on any atom is 0.223 e. The number of hydrogen-bond donors (Lipinski definition) is 0. The normalized spacial score (nSPS) is 21.5. The summed E-state index contributed by atoms with van der Waals surface area (Å²) >= 11 is 0. The van der Waals surface area contributed by atoms with Crippen LogP contribution in [0.2, 0.25) is 0 Å². The number of nitrogens with zero attached hydrogens (tertiary/aromatic N) is 1. The Hall–Kier alpha value is -1.71. The van der Waals surface area contributed by atoms with Crippen LogP contribution >= 0.6 is 0 Å². The van der Waals surface area contributed by atoms with Crippen molar-refractivity contribution in [2.24, 2.45) is 0 Å². The summed E-state index contributed by atoms with van der Waals surface area (Å²) in [5, 5.41) is 0. The largest absolute Gasteiger partial charge is 0.493 e. The number of likely N-dealkylation sites (tertiary alicyclic amines) is 1. The molecule has 1 aromatic rings. The summed E-state index contributed by atoms with van der Waals surface area (Å²) < 4.78 is 11.7. The Bertz CT molecular complexity index is 566. The molecule has 0 radical (unpaired) electrons. The molecule has 0 bridgehead atoms. The number of rotatable bonds is 7. The second-order valence-corrected chi connectivity index (χ2v) is 7.03. The second-order valence-electron chi connectivity index (χ2n) is 7.03. The van der Waals surface area contributed by atoms with E-state index in [1.807, 2.05) is 11.0 Å². The Kier molecular flexibility index (Phi) is 5.64. The quantitative estimate of drug-likeness (QED) is 0.754. The van der Waals surface area contributed by atoms with Crippen molar-refractivity contribution in [1.82, 2.24) is 4.90 Å². The smallest absolute Gasteiger partial charge is 0.223 e. The standard InChI is InChI=1S/C20H29NO3/c1-3-4-11-21-14-16(13-20(21)22)15-9-10-18(23-2)19(12-15)24-17-7-5-6-8-17/h9-10,12,16-17H,3-8,11,13-14H2,1-2H3. The van der Waals surface area contributed by atoms with Gasteiger partial charge in [0.2, 0.25) is 5.91 Å². The molecule has 132 valence electrons. The summed E-state index contributed by atoms with van der Waals surface area (Å²) in [7, 11) is 1.68. The zero-order chi connectivity index (χ0) is 16.9. The van der Waals surface area contributed by atoms with E-state index in [-0.39, 0.29) is 11.8 Å². The van der Waals surface area contributed by atoms with Crippen LogP contribution in [0.5, 0.6) is 11.5 Å². The summed E-state index contributed by atoms with van der Waals surface area (Å²) in [6.45, 7) is 3.87. The molecule has 1 saturated carbocycles. The first-order chi connectivity index (χ1) is 11.7. The van der Waals surface area contributed by atoms with Gasteiger partial charge in [0.05, 0.1) is 13.2 Å². The van der Waals surface area contributed by atoms with Crippen LogP contribution in [0.1, 0.15) is 63.4 Å². The molecule has 2 fully saturated rings. The number of hydrogen-bond acceptors (Lipinski definition) is 3. The highest BCUT2D eigenvalue weighted by Gasteiger charge is 2.30. The lowest BCUT2D eigenvalue weighted by molar-refractivity contribution is -0.127. The minimum absolute atomic E-state index is 0.270. The fraction of sp³-hybridized carbons (Fsp3) is 0.650. The Labute approximate surface area is 145 Å². The Morgan fingerprint density at radius 3 is 2.71 bits per heavy atom. The zero-order valence-corrected chi connectivity index (χ0v) is 14.9. The SMILES string of the molecule is CCCCN1CC(c2ccc(OC)c(OC3CCCC3)c2)CC1=O. The molecule has 0 spiro atoms. The molecule has 1 atom stereocenters. The van der Waals surface area contributed by atoms with Crippen molar-refractivity contribution in [2.45, 2.75) is 63.9 Å². The molecule has 1 aromatic carbocycles. The number of amides is 1. The van der Waals surface area contributed by atoms with Gasteiger partial charge in [0, 0.05) is 25.4 Å². The topological polar surface area (TPSA) is 38.8 Å². The number of unbranched alkanes of at least 4 members (excludes halogenated alkanes) is 1. The van der Waals surface area contributed by atoms with Crippen LogP contribution in [0.25, 0.3) is 0 Å². The molecule has 0 N–H and O–H groups in total. The zero-order valence-electron chi connectivity index (χ0n) is 14.9. The van der Waals surface area contributed by atoms with Gasteiger partial charge in [-0.15, -0.1) is 0 Å². The van der Waals surface area contributed by atoms with Crippen molar-refractivity contribution in [3.63, 3.8) is 0 Å². The van der Waals surface area contributed by atoms with E-state index in [1.165, 1.54) is 18.4 Å². The van der Waals surface area contributed by atoms with Crippen LogP contribution in [0.4, 0.5) is 0 Å². The van der Waals surface area contributed by atoms with Crippen molar-refractivity contribution in [3.05, 3.63) is 23.8 Å². The molecular formula is C20H29NO3. The number of benzene rings is 1. The van der Waals surface area contributed by atoms with E-state index in [0.717, 1.165) is 50.3 Å². The van der Waals surface area contributed by atoms with E-state index in [2.05, 4.69) is 19.1 Å². The minimum Gasteiger partial charge on any atom is -0.493 e. The number of ether oxygens (including phenoxy) is 2. The van der Waals surface area contributed by atoms with Gasteiger partial charge < -0.3 is 14.4 Å². The van der Waals surface area contributed by atoms with Crippen molar-refractivity contribution in [2.75, 3.05) is 20.2 Å². The van der Waals surface area contributed by atoms with Crippen LogP contribution in [0.15, 0.2) is 18.2 Å². The second kappa shape index (κ2) is 7.91. The van der Waals surface area contributed by atoms with Gasteiger partial charge in [0.1, 0.15) is 0 Å². The number of carbonyl (C=O) groups is 1. The lowest BCUT2D eigenvalue weighted by atomic mass is 9.98. The highest BCUT2D eigenvalue weighted by molar-refractivity contribution is 5.79. The predicted molar refractivity (Wildman–Crippen MR) is 94.7 cm³/mol. The average Bonchev–Trinajstić information content (AvgIpc) is 3.22. The van der Waals surface area contributed by atoms with E-state index < -0.39 is 0 Å². The summed E-state index contributed by atoms with van der Waals surface area (Å²) in [4.78, 5) is 14.2. The highest BCUT2D eigenvalue weighted by atomic mass is 16.5. The van der Waals surface area contributed by atoms with Crippen molar-refractivity contribution >= 4 is 5.91 Å². The van der Waals surface area contributed by atoms with Crippen LogP contribution < -0.4 is 9.47 Å².